The third-order valence-corrected chi connectivity index (χ3v) is 5.52. The van der Waals surface area contributed by atoms with Crippen LogP contribution in [0.15, 0.2) is 79.0 Å². The van der Waals surface area contributed by atoms with Gasteiger partial charge in [-0.15, -0.1) is 0 Å². The Balaban J connectivity index is 1.23. The van der Waals surface area contributed by atoms with E-state index in [2.05, 4.69) is 10.4 Å². The number of aromatic nitrogens is 2. The fourth-order valence-corrected chi connectivity index (χ4v) is 3.79. The summed E-state index contributed by atoms with van der Waals surface area (Å²) in [6.45, 7) is 1.94. The van der Waals surface area contributed by atoms with Crippen LogP contribution in [-0.2, 0) is 20.2 Å². The molecular formula is C27H25N3O4. The van der Waals surface area contributed by atoms with Crippen molar-refractivity contribution >= 4 is 5.91 Å². The molecule has 172 valence electrons. The molecule has 0 atom stereocenters. The molecule has 0 bridgehead atoms. The number of hydrogen-bond donors (Lipinski definition) is 1. The standard InChI is InChI=1S/C27H25N3O4/c1-30-17-23(21-9-12-24-25(15-21)33-14-13-32-24)26(29-30)27(31)28-16-19-7-10-22(11-8-19)34-18-20-5-3-2-4-6-20/h2-12,15,17H,13-14,16,18H2,1H3,(H,28,31). The van der Waals surface area contributed by atoms with Gasteiger partial charge in [-0.25, -0.2) is 0 Å². The van der Waals surface area contributed by atoms with Crippen molar-refractivity contribution in [2.45, 2.75) is 13.2 Å². The van der Waals surface area contributed by atoms with Crippen molar-refractivity contribution in [1.82, 2.24) is 15.1 Å². The minimum Gasteiger partial charge on any atom is -0.489 e. The van der Waals surface area contributed by atoms with E-state index in [1.807, 2.05) is 79.0 Å². The van der Waals surface area contributed by atoms with Crippen LogP contribution >= 0.6 is 0 Å². The molecule has 1 aliphatic rings. The van der Waals surface area contributed by atoms with Crippen molar-refractivity contribution in [3.63, 3.8) is 0 Å². The van der Waals surface area contributed by atoms with Crippen molar-refractivity contribution in [1.29, 1.82) is 0 Å². The Morgan fingerprint density at radius 2 is 1.74 bits per heavy atom. The highest BCUT2D eigenvalue weighted by atomic mass is 16.6. The van der Waals surface area contributed by atoms with Gasteiger partial charge < -0.3 is 19.5 Å². The molecule has 34 heavy (non-hydrogen) atoms. The van der Waals surface area contributed by atoms with Crippen LogP contribution < -0.4 is 19.5 Å². The highest BCUT2D eigenvalue weighted by Crippen LogP contribution is 2.35. The first-order valence-electron chi connectivity index (χ1n) is 11.1. The first kappa shape index (κ1) is 21.6. The summed E-state index contributed by atoms with van der Waals surface area (Å²) in [5, 5.41) is 7.36. The molecule has 7 heteroatoms. The van der Waals surface area contributed by atoms with Crippen molar-refractivity contribution in [3.05, 3.63) is 95.8 Å². The van der Waals surface area contributed by atoms with E-state index in [1.54, 1.807) is 11.7 Å². The van der Waals surface area contributed by atoms with E-state index in [4.69, 9.17) is 14.2 Å². The summed E-state index contributed by atoms with van der Waals surface area (Å²) in [6, 6.07) is 23.4. The van der Waals surface area contributed by atoms with Crippen molar-refractivity contribution in [2.24, 2.45) is 7.05 Å². The molecule has 0 saturated heterocycles. The number of amides is 1. The van der Waals surface area contributed by atoms with Crippen LogP contribution in [0.2, 0.25) is 0 Å². The molecule has 4 aromatic rings. The number of hydrogen-bond acceptors (Lipinski definition) is 5. The quantitative estimate of drug-likeness (QED) is 0.448. The van der Waals surface area contributed by atoms with Gasteiger partial charge in [-0.1, -0.05) is 48.5 Å². The number of fused-ring (bicyclic) bond motifs is 1. The van der Waals surface area contributed by atoms with E-state index in [-0.39, 0.29) is 5.91 Å². The lowest BCUT2D eigenvalue weighted by Crippen LogP contribution is -2.24. The SMILES string of the molecule is Cn1cc(-c2ccc3c(c2)OCCO3)c(C(=O)NCc2ccc(OCc3ccccc3)cc2)n1. The molecule has 0 saturated carbocycles. The molecule has 1 N–H and O–H groups in total. The highest BCUT2D eigenvalue weighted by molar-refractivity contribution is 5.99. The van der Waals surface area contributed by atoms with Crippen LogP contribution in [0.1, 0.15) is 21.6 Å². The van der Waals surface area contributed by atoms with Gasteiger partial charge in [0.05, 0.1) is 0 Å². The van der Waals surface area contributed by atoms with Gasteiger partial charge in [-0.2, -0.15) is 5.10 Å². The average molecular weight is 456 g/mol. The maximum Gasteiger partial charge on any atom is 0.272 e. The number of ether oxygens (including phenoxy) is 3. The van der Waals surface area contributed by atoms with Crippen LogP contribution in [0.4, 0.5) is 0 Å². The Morgan fingerprint density at radius 3 is 2.53 bits per heavy atom. The second-order valence-electron chi connectivity index (χ2n) is 8.02. The molecule has 3 aromatic carbocycles. The van der Waals surface area contributed by atoms with Crippen LogP contribution in [0, 0.1) is 0 Å². The molecular weight excluding hydrogens is 430 g/mol. The van der Waals surface area contributed by atoms with Gasteiger partial charge in [0.1, 0.15) is 25.6 Å². The molecule has 7 nitrogen and oxygen atoms in total. The van der Waals surface area contributed by atoms with E-state index < -0.39 is 0 Å². The summed E-state index contributed by atoms with van der Waals surface area (Å²) in [7, 11) is 1.80. The Kier molecular flexibility index (Phi) is 6.16. The summed E-state index contributed by atoms with van der Waals surface area (Å²) >= 11 is 0. The lowest BCUT2D eigenvalue weighted by atomic mass is 10.0. The number of aryl methyl sites for hydroxylation is 1. The number of benzene rings is 3. The molecule has 5 rings (SSSR count). The normalized spacial score (nSPS) is 12.3. The maximum absolute atomic E-state index is 13.0. The smallest absolute Gasteiger partial charge is 0.272 e. The third kappa shape index (κ3) is 4.88. The van der Waals surface area contributed by atoms with Crippen LogP contribution in [-0.4, -0.2) is 28.9 Å². The molecule has 1 aromatic heterocycles. The van der Waals surface area contributed by atoms with Crippen molar-refractivity contribution < 1.29 is 19.0 Å². The van der Waals surface area contributed by atoms with Crippen LogP contribution in [0.3, 0.4) is 0 Å². The van der Waals surface area contributed by atoms with E-state index >= 15 is 0 Å². The number of carbonyl (C=O) groups excluding carboxylic acids is 1. The maximum atomic E-state index is 13.0. The van der Waals surface area contributed by atoms with Gasteiger partial charge in [0.25, 0.3) is 5.91 Å². The van der Waals surface area contributed by atoms with Gasteiger partial charge >= 0.3 is 0 Å². The summed E-state index contributed by atoms with van der Waals surface area (Å²) in [4.78, 5) is 13.0. The summed E-state index contributed by atoms with van der Waals surface area (Å²) in [5.41, 5.74) is 4.03. The predicted octanol–water partition coefficient (Wildman–Crippen LogP) is 4.37. The van der Waals surface area contributed by atoms with Crippen molar-refractivity contribution in [2.75, 3.05) is 13.2 Å². The number of nitrogens with zero attached hydrogens (tertiary/aromatic N) is 2. The number of rotatable bonds is 7. The summed E-state index contributed by atoms with van der Waals surface area (Å²) in [6.07, 6.45) is 1.83. The molecule has 0 spiro atoms. The van der Waals surface area contributed by atoms with Gasteiger partial charge in [-0.05, 0) is 41.0 Å². The molecule has 1 amide bonds. The second kappa shape index (κ2) is 9.70. The van der Waals surface area contributed by atoms with Crippen LogP contribution in [0.5, 0.6) is 17.2 Å². The Morgan fingerprint density at radius 1 is 0.971 bits per heavy atom. The molecule has 0 fully saturated rings. The zero-order valence-corrected chi connectivity index (χ0v) is 18.9. The van der Waals surface area contributed by atoms with Gasteiger partial charge in [-0.3, -0.25) is 9.48 Å². The van der Waals surface area contributed by atoms with Crippen LogP contribution in [0.25, 0.3) is 11.1 Å². The first-order chi connectivity index (χ1) is 16.7. The molecule has 0 radical (unpaired) electrons. The van der Waals surface area contributed by atoms with E-state index in [1.165, 1.54) is 0 Å². The van der Waals surface area contributed by atoms with Gasteiger partial charge in [0, 0.05) is 25.4 Å². The fourth-order valence-electron chi connectivity index (χ4n) is 3.79. The third-order valence-electron chi connectivity index (χ3n) is 5.52. The lowest BCUT2D eigenvalue weighted by molar-refractivity contribution is 0.0946. The second-order valence-corrected chi connectivity index (χ2v) is 8.02. The van der Waals surface area contributed by atoms with E-state index in [9.17, 15) is 4.79 Å². The Bertz CT molecular complexity index is 1280. The highest BCUT2D eigenvalue weighted by Gasteiger charge is 2.20. The average Bonchev–Trinajstić information content (AvgIpc) is 3.28. The predicted molar refractivity (Wildman–Crippen MR) is 128 cm³/mol. The molecule has 1 aliphatic heterocycles. The molecule has 2 heterocycles. The van der Waals surface area contributed by atoms with Crippen molar-refractivity contribution in [3.8, 4) is 28.4 Å². The Labute approximate surface area is 197 Å². The zero-order valence-electron chi connectivity index (χ0n) is 18.9. The summed E-state index contributed by atoms with van der Waals surface area (Å²) < 4.78 is 18.8. The van der Waals surface area contributed by atoms with E-state index in [0.717, 1.165) is 28.0 Å². The number of nitrogens with one attached hydrogen (secondary N) is 1. The zero-order chi connectivity index (χ0) is 23.3. The Hall–Kier alpha value is -4.26. The minimum atomic E-state index is -0.241. The fraction of sp³-hybridized carbons (Fsp3) is 0.185. The minimum absolute atomic E-state index is 0.241. The lowest BCUT2D eigenvalue weighted by Gasteiger charge is -2.18. The summed E-state index contributed by atoms with van der Waals surface area (Å²) in [5.74, 6) is 1.93. The molecule has 0 aliphatic carbocycles. The topological polar surface area (TPSA) is 74.6 Å². The van der Waals surface area contributed by atoms with E-state index in [0.29, 0.717) is 43.6 Å². The first-order valence-corrected chi connectivity index (χ1v) is 11.1. The number of carbonyl (C=O) groups is 1. The largest absolute Gasteiger partial charge is 0.489 e. The van der Waals surface area contributed by atoms with Gasteiger partial charge in [0.15, 0.2) is 17.2 Å². The molecule has 0 unspecified atom stereocenters. The van der Waals surface area contributed by atoms with Gasteiger partial charge in [0.2, 0.25) is 0 Å². The monoisotopic (exact) mass is 455 g/mol.